The first-order valence-corrected chi connectivity index (χ1v) is 8.46. The summed E-state index contributed by atoms with van der Waals surface area (Å²) in [7, 11) is 3.04. The molecule has 0 radical (unpaired) electrons. The molecule has 0 aliphatic rings. The topological polar surface area (TPSA) is 89.6 Å². The van der Waals surface area contributed by atoms with Crippen LogP contribution in [-0.2, 0) is 0 Å². The maximum absolute atomic E-state index is 12.4. The first kappa shape index (κ1) is 18.9. The number of para-hydroxylation sites is 1. The highest BCUT2D eigenvalue weighted by molar-refractivity contribution is 6.06. The Bertz CT molecular complexity index is 987. The number of nitrogens with zero attached hydrogens (tertiary/aromatic N) is 1. The molecule has 7 nitrogen and oxygen atoms in total. The summed E-state index contributed by atoms with van der Waals surface area (Å²) >= 11 is 0. The van der Waals surface area contributed by atoms with Gasteiger partial charge in [0.05, 0.1) is 31.7 Å². The number of methoxy groups -OCH3 is 2. The summed E-state index contributed by atoms with van der Waals surface area (Å²) < 4.78 is 10.3. The number of nitrogens with one attached hydrogen (secondary N) is 2. The molecule has 0 bridgehead atoms. The van der Waals surface area contributed by atoms with E-state index in [1.165, 1.54) is 13.3 Å². The van der Waals surface area contributed by atoms with Crippen LogP contribution in [0.3, 0.4) is 0 Å². The van der Waals surface area contributed by atoms with Crippen molar-refractivity contribution in [3.05, 3.63) is 78.0 Å². The maximum atomic E-state index is 12.4. The number of aromatic nitrogens is 1. The molecular formula is C21H19N3O4. The number of carbonyl (C=O) groups is 2. The lowest BCUT2D eigenvalue weighted by Gasteiger charge is -2.10. The van der Waals surface area contributed by atoms with Gasteiger partial charge in [0, 0.05) is 5.56 Å². The van der Waals surface area contributed by atoms with E-state index in [9.17, 15) is 9.59 Å². The number of rotatable bonds is 6. The van der Waals surface area contributed by atoms with E-state index in [4.69, 9.17) is 9.47 Å². The van der Waals surface area contributed by atoms with Gasteiger partial charge in [-0.15, -0.1) is 0 Å². The summed E-state index contributed by atoms with van der Waals surface area (Å²) in [5.41, 5.74) is 1.37. The smallest absolute Gasteiger partial charge is 0.260 e. The zero-order valence-corrected chi connectivity index (χ0v) is 15.4. The van der Waals surface area contributed by atoms with E-state index in [-0.39, 0.29) is 11.8 Å². The second-order valence-corrected chi connectivity index (χ2v) is 5.77. The van der Waals surface area contributed by atoms with Gasteiger partial charge in [0.2, 0.25) is 0 Å². The van der Waals surface area contributed by atoms with Crippen LogP contribution < -0.4 is 20.1 Å². The zero-order chi connectivity index (χ0) is 19.9. The lowest BCUT2D eigenvalue weighted by Crippen LogP contribution is -2.15. The number of amides is 2. The highest BCUT2D eigenvalue weighted by atomic mass is 16.5. The van der Waals surface area contributed by atoms with Crippen molar-refractivity contribution in [3.63, 3.8) is 0 Å². The van der Waals surface area contributed by atoms with Crippen LogP contribution in [0.1, 0.15) is 20.7 Å². The molecule has 0 unspecified atom stereocenters. The van der Waals surface area contributed by atoms with Crippen molar-refractivity contribution in [2.24, 2.45) is 0 Å². The number of anilines is 2. The van der Waals surface area contributed by atoms with E-state index in [2.05, 4.69) is 15.6 Å². The molecule has 7 heteroatoms. The molecule has 0 saturated carbocycles. The SMILES string of the molecule is COc1cccc(C(=O)Nc2ccc(NC(=O)c3ccccc3OC)nc2)c1. The van der Waals surface area contributed by atoms with Crippen molar-refractivity contribution in [3.8, 4) is 11.5 Å². The Morgan fingerprint density at radius 3 is 2.39 bits per heavy atom. The molecule has 3 aromatic rings. The van der Waals surface area contributed by atoms with Crippen molar-refractivity contribution >= 4 is 23.3 Å². The van der Waals surface area contributed by atoms with Gasteiger partial charge in [0.25, 0.3) is 11.8 Å². The predicted octanol–water partition coefficient (Wildman–Crippen LogP) is 3.60. The highest BCUT2D eigenvalue weighted by Gasteiger charge is 2.12. The quantitative estimate of drug-likeness (QED) is 0.685. The average Bonchev–Trinajstić information content (AvgIpc) is 2.75. The first-order chi connectivity index (χ1) is 13.6. The monoisotopic (exact) mass is 377 g/mol. The summed E-state index contributed by atoms with van der Waals surface area (Å²) in [5.74, 6) is 0.808. The Balaban J connectivity index is 1.66. The number of carbonyl (C=O) groups excluding carboxylic acids is 2. The minimum absolute atomic E-state index is 0.286. The number of hydrogen-bond acceptors (Lipinski definition) is 5. The largest absolute Gasteiger partial charge is 0.497 e. The molecule has 0 atom stereocenters. The molecule has 2 N–H and O–H groups in total. The second kappa shape index (κ2) is 8.68. The summed E-state index contributed by atoms with van der Waals surface area (Å²) in [6.45, 7) is 0. The van der Waals surface area contributed by atoms with Gasteiger partial charge in [-0.3, -0.25) is 9.59 Å². The summed E-state index contributed by atoms with van der Waals surface area (Å²) in [4.78, 5) is 28.9. The fraction of sp³-hybridized carbons (Fsp3) is 0.0952. The third-order valence-electron chi connectivity index (χ3n) is 3.95. The van der Waals surface area contributed by atoms with E-state index in [1.807, 2.05) is 0 Å². The Labute approximate surface area is 162 Å². The van der Waals surface area contributed by atoms with Crippen LogP contribution in [0.25, 0.3) is 0 Å². The van der Waals surface area contributed by atoms with E-state index < -0.39 is 0 Å². The molecular weight excluding hydrogens is 358 g/mol. The third kappa shape index (κ3) is 4.45. The number of hydrogen-bond donors (Lipinski definition) is 2. The van der Waals surface area contributed by atoms with Crippen LogP contribution in [0, 0.1) is 0 Å². The molecule has 2 amide bonds. The molecule has 0 spiro atoms. The van der Waals surface area contributed by atoms with Gasteiger partial charge in [0.1, 0.15) is 17.3 Å². The maximum Gasteiger partial charge on any atom is 0.260 e. The molecule has 0 saturated heterocycles. The Morgan fingerprint density at radius 2 is 1.68 bits per heavy atom. The van der Waals surface area contributed by atoms with Crippen molar-refractivity contribution in [1.29, 1.82) is 0 Å². The van der Waals surface area contributed by atoms with Gasteiger partial charge in [-0.1, -0.05) is 18.2 Å². The Morgan fingerprint density at radius 1 is 0.857 bits per heavy atom. The third-order valence-corrected chi connectivity index (χ3v) is 3.95. The zero-order valence-electron chi connectivity index (χ0n) is 15.4. The van der Waals surface area contributed by atoms with Crippen LogP contribution in [0.15, 0.2) is 66.9 Å². The normalized spacial score (nSPS) is 10.1. The summed E-state index contributed by atoms with van der Waals surface area (Å²) in [6, 6.07) is 17.0. The van der Waals surface area contributed by atoms with Crippen LogP contribution in [-0.4, -0.2) is 31.0 Å². The lowest BCUT2D eigenvalue weighted by atomic mass is 10.2. The molecule has 0 aliphatic carbocycles. The van der Waals surface area contributed by atoms with Crippen molar-refractivity contribution < 1.29 is 19.1 Å². The molecule has 0 aliphatic heterocycles. The van der Waals surface area contributed by atoms with Crippen LogP contribution >= 0.6 is 0 Å². The van der Waals surface area contributed by atoms with E-state index in [0.717, 1.165) is 0 Å². The van der Waals surface area contributed by atoms with Gasteiger partial charge in [-0.25, -0.2) is 4.98 Å². The Hall–Kier alpha value is -3.87. The van der Waals surface area contributed by atoms with E-state index in [0.29, 0.717) is 34.1 Å². The fourth-order valence-corrected chi connectivity index (χ4v) is 2.53. The van der Waals surface area contributed by atoms with Gasteiger partial charge < -0.3 is 20.1 Å². The van der Waals surface area contributed by atoms with Crippen LogP contribution in [0.2, 0.25) is 0 Å². The van der Waals surface area contributed by atoms with Crippen LogP contribution in [0.4, 0.5) is 11.5 Å². The van der Waals surface area contributed by atoms with Crippen molar-refractivity contribution in [2.45, 2.75) is 0 Å². The van der Waals surface area contributed by atoms with Gasteiger partial charge >= 0.3 is 0 Å². The first-order valence-electron chi connectivity index (χ1n) is 8.46. The molecule has 2 aromatic carbocycles. The predicted molar refractivity (Wildman–Crippen MR) is 106 cm³/mol. The van der Waals surface area contributed by atoms with Crippen LogP contribution in [0.5, 0.6) is 11.5 Å². The van der Waals surface area contributed by atoms with Crippen molar-refractivity contribution in [2.75, 3.05) is 24.9 Å². The second-order valence-electron chi connectivity index (χ2n) is 5.77. The summed E-state index contributed by atoms with van der Waals surface area (Å²) in [6.07, 6.45) is 1.47. The van der Waals surface area contributed by atoms with Gasteiger partial charge in [0.15, 0.2) is 0 Å². The average molecular weight is 377 g/mol. The summed E-state index contributed by atoms with van der Waals surface area (Å²) in [5, 5.41) is 5.45. The molecule has 1 aromatic heterocycles. The van der Waals surface area contributed by atoms with Crippen molar-refractivity contribution in [1.82, 2.24) is 4.98 Å². The molecule has 3 rings (SSSR count). The molecule has 1 heterocycles. The van der Waals surface area contributed by atoms with E-state index in [1.54, 1.807) is 67.8 Å². The number of ether oxygens (including phenoxy) is 2. The standard InChI is InChI=1S/C21H19N3O4/c1-27-16-7-5-6-14(12-16)20(25)23-15-10-11-19(22-13-15)24-21(26)17-8-3-4-9-18(17)28-2/h3-13H,1-2H3,(H,23,25)(H,22,24,26). The number of benzene rings is 2. The lowest BCUT2D eigenvalue weighted by molar-refractivity contribution is 0.101. The minimum atomic E-state index is -0.335. The fourth-order valence-electron chi connectivity index (χ4n) is 2.53. The molecule has 0 fully saturated rings. The molecule has 28 heavy (non-hydrogen) atoms. The Kier molecular flexibility index (Phi) is 5.86. The highest BCUT2D eigenvalue weighted by Crippen LogP contribution is 2.19. The van der Waals surface area contributed by atoms with Gasteiger partial charge in [-0.2, -0.15) is 0 Å². The minimum Gasteiger partial charge on any atom is -0.497 e. The van der Waals surface area contributed by atoms with E-state index >= 15 is 0 Å². The van der Waals surface area contributed by atoms with Gasteiger partial charge in [-0.05, 0) is 42.5 Å². The number of pyridine rings is 1. The molecule has 142 valence electrons.